The van der Waals surface area contributed by atoms with Gasteiger partial charge in [-0.25, -0.2) is 0 Å². The van der Waals surface area contributed by atoms with Crippen LogP contribution in [-0.4, -0.2) is 10.9 Å². The molecule has 2 aromatic rings. The molecule has 0 radical (unpaired) electrons. The number of nitrogen functional groups attached to an aromatic ring is 1. The number of pyridine rings is 1. The van der Waals surface area contributed by atoms with Crippen molar-refractivity contribution in [1.29, 1.82) is 0 Å². The van der Waals surface area contributed by atoms with Gasteiger partial charge in [-0.1, -0.05) is 0 Å². The topological polar surface area (TPSA) is 91.2 Å². The van der Waals surface area contributed by atoms with Gasteiger partial charge < -0.3 is 16.2 Å². The molecule has 0 bridgehead atoms. The van der Waals surface area contributed by atoms with Crippen molar-refractivity contribution in [3.63, 3.8) is 0 Å². The molecule has 0 saturated carbocycles. The lowest BCUT2D eigenvalue weighted by Gasteiger charge is -2.08. The number of hydrogen-bond donors (Lipinski definition) is 2. The van der Waals surface area contributed by atoms with Crippen molar-refractivity contribution in [2.75, 3.05) is 5.73 Å². The number of halogens is 1. The molecule has 0 unspecified atom stereocenters. The van der Waals surface area contributed by atoms with Crippen molar-refractivity contribution in [3.8, 4) is 11.5 Å². The average molecular weight is 308 g/mol. The SMILES string of the molecule is NC(=O)c1cc(Oc2cncc(Br)c2)ccc1N. The van der Waals surface area contributed by atoms with Gasteiger partial charge in [0.25, 0.3) is 5.91 Å². The number of aromatic nitrogens is 1. The van der Waals surface area contributed by atoms with E-state index in [0.29, 0.717) is 17.2 Å². The minimum Gasteiger partial charge on any atom is -0.456 e. The molecule has 0 aliphatic rings. The maximum absolute atomic E-state index is 11.1. The predicted octanol–water partition coefficient (Wildman–Crippen LogP) is 2.32. The summed E-state index contributed by atoms with van der Waals surface area (Å²) in [4.78, 5) is 15.1. The lowest BCUT2D eigenvalue weighted by molar-refractivity contribution is 0.100. The monoisotopic (exact) mass is 307 g/mol. The normalized spacial score (nSPS) is 10.1. The van der Waals surface area contributed by atoms with Crippen LogP contribution in [0, 0.1) is 0 Å². The number of anilines is 1. The first-order valence-electron chi connectivity index (χ1n) is 5.04. The van der Waals surface area contributed by atoms with Crippen molar-refractivity contribution in [3.05, 3.63) is 46.7 Å². The van der Waals surface area contributed by atoms with Crippen molar-refractivity contribution in [1.82, 2.24) is 4.98 Å². The number of hydrogen-bond acceptors (Lipinski definition) is 4. The molecule has 1 amide bonds. The van der Waals surface area contributed by atoms with E-state index < -0.39 is 5.91 Å². The zero-order valence-corrected chi connectivity index (χ0v) is 10.8. The van der Waals surface area contributed by atoms with Gasteiger partial charge in [0.2, 0.25) is 0 Å². The fraction of sp³-hybridized carbons (Fsp3) is 0. The lowest BCUT2D eigenvalue weighted by atomic mass is 10.1. The number of ether oxygens (including phenoxy) is 1. The first-order chi connectivity index (χ1) is 8.56. The van der Waals surface area contributed by atoms with Crippen LogP contribution in [-0.2, 0) is 0 Å². The largest absolute Gasteiger partial charge is 0.456 e. The molecule has 6 heteroatoms. The molecule has 0 aliphatic carbocycles. The smallest absolute Gasteiger partial charge is 0.250 e. The van der Waals surface area contributed by atoms with Crippen LogP contribution in [0.4, 0.5) is 5.69 Å². The molecule has 0 saturated heterocycles. The number of primary amides is 1. The van der Waals surface area contributed by atoms with Crippen LogP contribution in [0.25, 0.3) is 0 Å². The molecule has 2 rings (SSSR count). The maximum Gasteiger partial charge on any atom is 0.250 e. The number of rotatable bonds is 3. The van der Waals surface area contributed by atoms with E-state index in [1.165, 1.54) is 6.07 Å². The number of carbonyl (C=O) groups is 1. The van der Waals surface area contributed by atoms with E-state index in [0.717, 1.165) is 4.47 Å². The summed E-state index contributed by atoms with van der Waals surface area (Å²) in [6.07, 6.45) is 3.20. The zero-order valence-electron chi connectivity index (χ0n) is 9.26. The molecule has 0 spiro atoms. The third kappa shape index (κ3) is 2.78. The van der Waals surface area contributed by atoms with Crippen molar-refractivity contribution >= 4 is 27.5 Å². The lowest BCUT2D eigenvalue weighted by Crippen LogP contribution is -2.13. The van der Waals surface area contributed by atoms with Crippen LogP contribution in [0.15, 0.2) is 41.1 Å². The van der Waals surface area contributed by atoms with Gasteiger partial charge in [-0.15, -0.1) is 0 Å². The fourth-order valence-corrected chi connectivity index (χ4v) is 1.74. The second-order valence-electron chi connectivity index (χ2n) is 3.55. The molecule has 5 nitrogen and oxygen atoms in total. The van der Waals surface area contributed by atoms with Crippen molar-refractivity contribution in [2.45, 2.75) is 0 Å². The van der Waals surface area contributed by atoms with E-state index in [2.05, 4.69) is 20.9 Å². The van der Waals surface area contributed by atoms with Gasteiger partial charge >= 0.3 is 0 Å². The quantitative estimate of drug-likeness (QED) is 0.851. The first-order valence-corrected chi connectivity index (χ1v) is 5.83. The Hall–Kier alpha value is -2.08. The minimum atomic E-state index is -0.592. The number of nitrogens with zero attached hydrogens (tertiary/aromatic N) is 1. The summed E-state index contributed by atoms with van der Waals surface area (Å²) in [5, 5.41) is 0. The van der Waals surface area contributed by atoms with Gasteiger partial charge in [0, 0.05) is 16.4 Å². The summed E-state index contributed by atoms with van der Waals surface area (Å²) in [7, 11) is 0. The summed E-state index contributed by atoms with van der Waals surface area (Å²) in [6.45, 7) is 0. The Morgan fingerprint density at radius 1 is 1.22 bits per heavy atom. The maximum atomic E-state index is 11.1. The highest BCUT2D eigenvalue weighted by molar-refractivity contribution is 9.10. The van der Waals surface area contributed by atoms with Crippen LogP contribution in [0.5, 0.6) is 11.5 Å². The number of benzene rings is 1. The molecule has 18 heavy (non-hydrogen) atoms. The molecule has 0 atom stereocenters. The van der Waals surface area contributed by atoms with Crippen LogP contribution >= 0.6 is 15.9 Å². The average Bonchev–Trinajstić information content (AvgIpc) is 2.31. The van der Waals surface area contributed by atoms with Gasteiger partial charge in [-0.05, 0) is 40.2 Å². The highest BCUT2D eigenvalue weighted by Gasteiger charge is 2.08. The summed E-state index contributed by atoms with van der Waals surface area (Å²) in [5.74, 6) is 0.424. The zero-order chi connectivity index (χ0) is 13.1. The number of nitrogens with two attached hydrogens (primary N) is 2. The fourth-order valence-electron chi connectivity index (χ4n) is 1.40. The van der Waals surface area contributed by atoms with Crippen molar-refractivity contribution < 1.29 is 9.53 Å². The molecule has 1 aromatic heterocycles. The molecular formula is C12H10BrN3O2. The van der Waals surface area contributed by atoms with Gasteiger partial charge in [0.05, 0.1) is 11.8 Å². The van der Waals surface area contributed by atoms with Crippen LogP contribution in [0.2, 0.25) is 0 Å². The van der Waals surface area contributed by atoms with Crippen molar-refractivity contribution in [2.24, 2.45) is 5.73 Å². The summed E-state index contributed by atoms with van der Waals surface area (Å²) >= 11 is 3.29. The highest BCUT2D eigenvalue weighted by atomic mass is 79.9. The van der Waals surface area contributed by atoms with E-state index in [9.17, 15) is 4.79 Å². The minimum absolute atomic E-state index is 0.232. The molecule has 0 fully saturated rings. The Balaban J connectivity index is 2.30. The molecule has 4 N–H and O–H groups in total. The van der Waals surface area contributed by atoms with Crippen LogP contribution in [0.3, 0.4) is 0 Å². The number of carbonyl (C=O) groups excluding carboxylic acids is 1. The molecular weight excluding hydrogens is 298 g/mol. The predicted molar refractivity (Wildman–Crippen MR) is 71.4 cm³/mol. The Kier molecular flexibility index (Phi) is 3.47. The Morgan fingerprint density at radius 3 is 2.67 bits per heavy atom. The van der Waals surface area contributed by atoms with Gasteiger partial charge in [0.1, 0.15) is 11.5 Å². The first kappa shape index (κ1) is 12.4. The summed E-state index contributed by atoms with van der Waals surface area (Å²) in [5.41, 5.74) is 11.4. The van der Waals surface area contributed by atoms with E-state index in [-0.39, 0.29) is 5.56 Å². The van der Waals surface area contributed by atoms with Gasteiger partial charge in [0.15, 0.2) is 0 Å². The van der Waals surface area contributed by atoms with E-state index in [1.54, 1.807) is 30.6 Å². The Labute approximate surface area is 112 Å². The molecule has 1 heterocycles. The molecule has 92 valence electrons. The second kappa shape index (κ2) is 5.05. The van der Waals surface area contributed by atoms with E-state index >= 15 is 0 Å². The summed E-state index contributed by atoms with van der Waals surface area (Å²) in [6, 6.07) is 6.48. The third-order valence-corrected chi connectivity index (χ3v) is 2.64. The van der Waals surface area contributed by atoms with E-state index in [4.69, 9.17) is 16.2 Å². The highest BCUT2D eigenvalue weighted by Crippen LogP contribution is 2.26. The van der Waals surface area contributed by atoms with Crippen LogP contribution in [0.1, 0.15) is 10.4 Å². The number of amides is 1. The molecule has 0 aliphatic heterocycles. The van der Waals surface area contributed by atoms with E-state index in [1.807, 2.05) is 0 Å². The summed E-state index contributed by atoms with van der Waals surface area (Å²) < 4.78 is 6.35. The van der Waals surface area contributed by atoms with Gasteiger partial charge in [-0.3, -0.25) is 9.78 Å². The second-order valence-corrected chi connectivity index (χ2v) is 4.47. The Bertz CT molecular complexity index is 602. The van der Waals surface area contributed by atoms with Gasteiger partial charge in [-0.2, -0.15) is 0 Å². The standard InChI is InChI=1S/C12H10BrN3O2/c13-7-3-9(6-16-5-7)18-8-1-2-11(14)10(4-8)12(15)17/h1-6H,14H2,(H2,15,17). The van der Waals surface area contributed by atoms with Crippen LogP contribution < -0.4 is 16.2 Å². The third-order valence-electron chi connectivity index (χ3n) is 2.21. The molecule has 1 aromatic carbocycles. The Morgan fingerprint density at radius 2 is 2.00 bits per heavy atom.